The first-order chi connectivity index (χ1) is 16.4. The van der Waals surface area contributed by atoms with Crippen LogP contribution >= 0.6 is 0 Å². The third kappa shape index (κ3) is 5.37. The maximum atomic E-state index is 13.5. The van der Waals surface area contributed by atoms with Crippen molar-refractivity contribution in [1.82, 2.24) is 19.2 Å². The van der Waals surface area contributed by atoms with Gasteiger partial charge in [-0.05, 0) is 33.0 Å². The number of benzene rings is 1. The Morgan fingerprint density at radius 2 is 1.41 bits per heavy atom. The molecule has 34 heavy (non-hydrogen) atoms. The van der Waals surface area contributed by atoms with Crippen LogP contribution in [0, 0.1) is 0 Å². The molecule has 0 atom stereocenters. The van der Waals surface area contributed by atoms with Gasteiger partial charge in [-0.1, -0.05) is 0 Å². The number of hydrogen-bond acceptors (Lipinski definition) is 9. The highest BCUT2D eigenvalue weighted by Gasteiger charge is 2.32. The topological polar surface area (TPSA) is 91.3 Å². The summed E-state index contributed by atoms with van der Waals surface area (Å²) < 4.78 is 39.7. The molecule has 0 saturated carbocycles. The van der Waals surface area contributed by atoms with Crippen molar-refractivity contribution in [2.24, 2.45) is 0 Å². The van der Waals surface area contributed by atoms with E-state index in [1.807, 2.05) is 19.9 Å². The molecular weight excluding hydrogens is 456 g/mol. The van der Waals surface area contributed by atoms with Gasteiger partial charge >= 0.3 is 0 Å². The average Bonchev–Trinajstić information content (AvgIpc) is 2.86. The minimum atomic E-state index is -3.74. The van der Waals surface area contributed by atoms with Gasteiger partial charge in [-0.2, -0.15) is 4.31 Å². The lowest BCUT2D eigenvalue weighted by Gasteiger charge is -2.36. The number of nitrogens with zero attached hydrogens (tertiary/aromatic N) is 6. The number of anilines is 2. The van der Waals surface area contributed by atoms with Crippen LogP contribution in [0.3, 0.4) is 0 Å². The number of piperazine rings is 2. The maximum absolute atomic E-state index is 13.5. The minimum Gasteiger partial charge on any atom is -0.494 e. The van der Waals surface area contributed by atoms with Gasteiger partial charge in [-0.25, -0.2) is 18.4 Å². The van der Waals surface area contributed by atoms with Crippen molar-refractivity contribution < 1.29 is 17.9 Å². The zero-order chi connectivity index (χ0) is 24.1. The summed E-state index contributed by atoms with van der Waals surface area (Å²) in [6, 6.07) is 6.97. The molecule has 4 rings (SSSR count). The first-order valence-corrected chi connectivity index (χ1v) is 13.3. The normalized spacial score (nSPS) is 18.2. The highest BCUT2D eigenvalue weighted by atomic mass is 32.2. The number of aromatic nitrogens is 2. The van der Waals surface area contributed by atoms with Crippen LogP contribution in [0.5, 0.6) is 11.5 Å². The molecular formula is C23H34N6O4S. The molecule has 186 valence electrons. The average molecular weight is 491 g/mol. The van der Waals surface area contributed by atoms with Gasteiger partial charge in [0.05, 0.1) is 13.2 Å². The van der Waals surface area contributed by atoms with E-state index in [0.717, 1.165) is 37.8 Å². The molecule has 2 aliphatic rings. The van der Waals surface area contributed by atoms with Crippen LogP contribution in [0.4, 0.5) is 11.6 Å². The van der Waals surface area contributed by atoms with Crippen molar-refractivity contribution in [3.05, 3.63) is 30.6 Å². The highest BCUT2D eigenvalue weighted by molar-refractivity contribution is 7.89. The molecule has 0 amide bonds. The van der Waals surface area contributed by atoms with Crippen molar-refractivity contribution >= 4 is 21.7 Å². The second-order valence-corrected chi connectivity index (χ2v) is 10.3. The van der Waals surface area contributed by atoms with Crippen molar-refractivity contribution in [3.8, 4) is 11.5 Å². The molecule has 2 saturated heterocycles. The zero-order valence-electron chi connectivity index (χ0n) is 20.2. The Balaban J connectivity index is 1.47. The van der Waals surface area contributed by atoms with Crippen LogP contribution in [-0.2, 0) is 10.0 Å². The first kappa shape index (κ1) is 24.5. The van der Waals surface area contributed by atoms with Crippen molar-refractivity contribution in [2.75, 3.05) is 82.4 Å². The molecule has 0 bridgehead atoms. The number of hydrogen-bond donors (Lipinski definition) is 0. The van der Waals surface area contributed by atoms with Crippen LogP contribution in [-0.4, -0.2) is 100 Å². The summed E-state index contributed by atoms with van der Waals surface area (Å²) in [5.41, 5.74) is 0. The zero-order valence-corrected chi connectivity index (χ0v) is 21.0. The first-order valence-electron chi connectivity index (χ1n) is 11.8. The van der Waals surface area contributed by atoms with Crippen LogP contribution in [0.25, 0.3) is 0 Å². The summed E-state index contributed by atoms with van der Waals surface area (Å²) in [5.74, 6) is 2.61. The van der Waals surface area contributed by atoms with Crippen LogP contribution < -0.4 is 19.3 Å². The molecule has 1 aromatic carbocycles. The molecule has 0 unspecified atom stereocenters. The van der Waals surface area contributed by atoms with E-state index in [9.17, 15) is 8.42 Å². The largest absolute Gasteiger partial charge is 0.494 e. The summed E-state index contributed by atoms with van der Waals surface area (Å²) in [7, 11) is -1.61. The Bertz CT molecular complexity index is 1070. The quantitative estimate of drug-likeness (QED) is 0.546. The van der Waals surface area contributed by atoms with Gasteiger partial charge in [0.1, 0.15) is 34.4 Å². The Kier molecular flexibility index (Phi) is 7.74. The fraction of sp³-hybridized carbons (Fsp3) is 0.565. The molecule has 2 aliphatic heterocycles. The standard InChI is InChI=1S/C23H34N6O4S/c1-4-32-19-6-7-20(33-5-2)21(16-19)34(30,31)29-14-12-28(13-15-29)23-17-22(24-18-25-23)27-10-8-26(3)9-11-27/h6-7,16-18H,4-5,8-15H2,1-3H3. The van der Waals surface area contributed by atoms with Crippen molar-refractivity contribution in [1.29, 1.82) is 0 Å². The fourth-order valence-corrected chi connectivity index (χ4v) is 5.80. The lowest BCUT2D eigenvalue weighted by atomic mass is 10.3. The third-order valence-corrected chi connectivity index (χ3v) is 8.09. The fourth-order valence-electron chi connectivity index (χ4n) is 4.24. The number of likely N-dealkylation sites (N-methyl/N-ethyl adjacent to an activating group) is 1. The van der Waals surface area contributed by atoms with E-state index in [1.165, 1.54) is 4.31 Å². The van der Waals surface area contributed by atoms with E-state index in [1.54, 1.807) is 24.5 Å². The van der Waals surface area contributed by atoms with Gasteiger partial charge in [0, 0.05) is 64.5 Å². The molecule has 0 N–H and O–H groups in total. The number of sulfonamides is 1. The lowest BCUT2D eigenvalue weighted by Crippen LogP contribution is -2.49. The van der Waals surface area contributed by atoms with E-state index in [-0.39, 0.29) is 4.90 Å². The molecule has 11 heteroatoms. The second kappa shape index (κ2) is 10.7. The second-order valence-electron chi connectivity index (χ2n) is 8.39. The van der Waals surface area contributed by atoms with Crippen molar-refractivity contribution in [2.45, 2.75) is 18.7 Å². The summed E-state index contributed by atoms with van der Waals surface area (Å²) in [5, 5.41) is 0. The van der Waals surface area contributed by atoms with Gasteiger partial charge in [0.25, 0.3) is 0 Å². The van der Waals surface area contributed by atoms with Crippen LogP contribution in [0.15, 0.2) is 35.5 Å². The third-order valence-electron chi connectivity index (χ3n) is 6.17. The van der Waals surface area contributed by atoms with Gasteiger partial charge in [-0.3, -0.25) is 0 Å². The van der Waals surface area contributed by atoms with E-state index in [0.29, 0.717) is 50.9 Å². The van der Waals surface area contributed by atoms with Gasteiger partial charge in [-0.15, -0.1) is 0 Å². The van der Waals surface area contributed by atoms with E-state index in [4.69, 9.17) is 9.47 Å². The molecule has 0 aliphatic carbocycles. The Morgan fingerprint density at radius 1 is 0.824 bits per heavy atom. The molecule has 3 heterocycles. The molecule has 1 aromatic heterocycles. The van der Waals surface area contributed by atoms with E-state index < -0.39 is 10.0 Å². The summed E-state index contributed by atoms with van der Waals surface area (Å²) >= 11 is 0. The van der Waals surface area contributed by atoms with Crippen LogP contribution in [0.2, 0.25) is 0 Å². The number of rotatable bonds is 8. The van der Waals surface area contributed by atoms with E-state index >= 15 is 0 Å². The SMILES string of the molecule is CCOc1ccc(OCC)c(S(=O)(=O)N2CCN(c3cc(N4CCN(C)CC4)ncn3)CC2)c1. The predicted molar refractivity (Wildman–Crippen MR) is 131 cm³/mol. The van der Waals surface area contributed by atoms with Gasteiger partial charge < -0.3 is 24.2 Å². The predicted octanol–water partition coefficient (Wildman–Crippen LogP) is 1.54. The molecule has 2 aromatic rings. The molecule has 0 radical (unpaired) electrons. The molecule has 2 fully saturated rings. The van der Waals surface area contributed by atoms with E-state index in [2.05, 4.69) is 31.7 Å². The molecule has 10 nitrogen and oxygen atoms in total. The molecule has 0 spiro atoms. The highest BCUT2D eigenvalue weighted by Crippen LogP contribution is 2.32. The summed E-state index contributed by atoms with van der Waals surface area (Å²) in [6.07, 6.45) is 1.60. The Morgan fingerprint density at radius 3 is 2.00 bits per heavy atom. The monoisotopic (exact) mass is 490 g/mol. The number of ether oxygens (including phenoxy) is 2. The van der Waals surface area contributed by atoms with Crippen LogP contribution in [0.1, 0.15) is 13.8 Å². The Labute approximate surface area is 202 Å². The smallest absolute Gasteiger partial charge is 0.247 e. The lowest BCUT2D eigenvalue weighted by molar-refractivity contribution is 0.312. The minimum absolute atomic E-state index is 0.146. The summed E-state index contributed by atoms with van der Waals surface area (Å²) in [4.78, 5) is 15.8. The van der Waals surface area contributed by atoms with Crippen molar-refractivity contribution in [3.63, 3.8) is 0 Å². The summed E-state index contributed by atoms with van der Waals surface area (Å²) in [6.45, 7) is 10.2. The Hall–Kier alpha value is -2.63. The van der Waals surface area contributed by atoms with Gasteiger partial charge in [0.15, 0.2) is 0 Å². The maximum Gasteiger partial charge on any atom is 0.247 e. The van der Waals surface area contributed by atoms with Gasteiger partial charge in [0.2, 0.25) is 10.0 Å².